The summed E-state index contributed by atoms with van der Waals surface area (Å²) in [5, 5.41) is 8.41. The van der Waals surface area contributed by atoms with Gasteiger partial charge in [0.05, 0.1) is 22.4 Å². The Morgan fingerprint density at radius 3 is 2.26 bits per heavy atom. The molecule has 0 unspecified atom stereocenters. The van der Waals surface area contributed by atoms with Crippen molar-refractivity contribution < 1.29 is 36.2 Å². The van der Waals surface area contributed by atoms with Gasteiger partial charge in [-0.15, -0.1) is 0 Å². The van der Waals surface area contributed by atoms with Gasteiger partial charge in [-0.3, -0.25) is 4.79 Å². The highest BCUT2D eigenvalue weighted by Crippen LogP contribution is 2.41. The predicted molar refractivity (Wildman–Crippen MR) is 67.1 cm³/mol. The van der Waals surface area contributed by atoms with Gasteiger partial charge >= 0.3 is 18.3 Å². The standard InChI is InChI=1S/C12H9ClF6N2O2/c13-8-1-5(11(14,15)16)2-20-9(8)21-3-6(10(22)23)7(4-21)12(17,18)19/h1-2,6-7H,3-4H2,(H,22,23)/t6-,7-/m1/s1. The summed E-state index contributed by atoms with van der Waals surface area (Å²) < 4.78 is 76.2. The van der Waals surface area contributed by atoms with Crippen molar-refractivity contribution >= 4 is 23.4 Å². The second-order valence-electron chi connectivity index (χ2n) is 5.03. The lowest BCUT2D eigenvalue weighted by atomic mass is 9.96. The fourth-order valence-electron chi connectivity index (χ4n) is 2.38. The molecule has 1 N–H and O–H groups in total. The minimum atomic E-state index is -4.75. The number of nitrogens with zero attached hydrogens (tertiary/aromatic N) is 2. The highest BCUT2D eigenvalue weighted by Gasteiger charge is 2.53. The molecule has 11 heteroatoms. The molecule has 1 aliphatic heterocycles. The number of halogens is 7. The Morgan fingerprint density at radius 2 is 1.87 bits per heavy atom. The van der Waals surface area contributed by atoms with Crippen molar-refractivity contribution in [1.29, 1.82) is 0 Å². The number of hydrogen-bond acceptors (Lipinski definition) is 3. The molecule has 0 radical (unpaired) electrons. The van der Waals surface area contributed by atoms with E-state index in [-0.39, 0.29) is 5.82 Å². The molecule has 2 heterocycles. The van der Waals surface area contributed by atoms with Crippen molar-refractivity contribution in [2.45, 2.75) is 12.4 Å². The normalized spacial score (nSPS) is 22.5. The third kappa shape index (κ3) is 3.62. The second kappa shape index (κ2) is 5.73. The Bertz CT molecular complexity index is 619. The monoisotopic (exact) mass is 362 g/mol. The zero-order valence-corrected chi connectivity index (χ0v) is 11.9. The van der Waals surface area contributed by atoms with Crippen LogP contribution in [0.4, 0.5) is 32.2 Å². The van der Waals surface area contributed by atoms with Crippen LogP contribution in [0.1, 0.15) is 5.56 Å². The molecule has 23 heavy (non-hydrogen) atoms. The van der Waals surface area contributed by atoms with Crippen LogP contribution in [0.5, 0.6) is 0 Å². The van der Waals surface area contributed by atoms with Gasteiger partial charge < -0.3 is 10.0 Å². The Kier molecular flexibility index (Phi) is 4.40. The van der Waals surface area contributed by atoms with Crippen LogP contribution < -0.4 is 4.90 Å². The topological polar surface area (TPSA) is 53.4 Å². The molecule has 1 aromatic rings. The molecule has 2 atom stereocenters. The van der Waals surface area contributed by atoms with Crippen LogP contribution in [-0.4, -0.2) is 35.3 Å². The first-order valence-corrected chi connectivity index (χ1v) is 6.56. The third-order valence-corrected chi connectivity index (χ3v) is 3.78. The van der Waals surface area contributed by atoms with Crippen molar-refractivity contribution in [1.82, 2.24) is 4.98 Å². The zero-order valence-electron chi connectivity index (χ0n) is 11.1. The summed E-state index contributed by atoms with van der Waals surface area (Å²) in [5.74, 6) is -5.84. The van der Waals surface area contributed by atoms with Gasteiger partial charge in [-0.2, -0.15) is 26.3 Å². The van der Waals surface area contributed by atoms with Crippen molar-refractivity contribution in [3.05, 3.63) is 22.8 Å². The van der Waals surface area contributed by atoms with Gasteiger partial charge in [0.15, 0.2) is 0 Å². The van der Waals surface area contributed by atoms with E-state index < -0.39 is 53.8 Å². The predicted octanol–water partition coefficient (Wildman–Crippen LogP) is 3.45. The van der Waals surface area contributed by atoms with Gasteiger partial charge in [0.1, 0.15) is 5.82 Å². The summed E-state index contributed by atoms with van der Waals surface area (Å²) >= 11 is 5.67. The van der Waals surface area contributed by atoms with Gasteiger partial charge in [0.25, 0.3) is 0 Å². The Balaban J connectivity index is 2.32. The Morgan fingerprint density at radius 1 is 1.26 bits per heavy atom. The van der Waals surface area contributed by atoms with Crippen molar-refractivity contribution in [3.8, 4) is 0 Å². The summed E-state index contributed by atoms with van der Waals surface area (Å²) in [4.78, 5) is 15.4. The quantitative estimate of drug-likeness (QED) is 0.819. The molecular formula is C12H9ClF6N2O2. The first-order valence-electron chi connectivity index (χ1n) is 6.18. The van der Waals surface area contributed by atoms with Crippen LogP contribution in [0.15, 0.2) is 12.3 Å². The lowest BCUT2D eigenvalue weighted by molar-refractivity contribution is -0.187. The number of pyridine rings is 1. The van der Waals surface area contributed by atoms with Crippen LogP contribution in [0.2, 0.25) is 5.02 Å². The summed E-state index contributed by atoms with van der Waals surface area (Å²) in [6, 6.07) is 0.542. The van der Waals surface area contributed by atoms with Gasteiger partial charge in [-0.25, -0.2) is 4.98 Å². The summed E-state index contributed by atoms with van der Waals surface area (Å²) in [6.45, 7) is -1.28. The van der Waals surface area contributed by atoms with E-state index in [2.05, 4.69) is 4.98 Å². The number of anilines is 1. The average Bonchev–Trinajstić information content (AvgIpc) is 2.82. The van der Waals surface area contributed by atoms with E-state index in [4.69, 9.17) is 16.7 Å². The minimum absolute atomic E-state index is 0.308. The second-order valence-corrected chi connectivity index (χ2v) is 5.43. The molecule has 0 aliphatic carbocycles. The van der Waals surface area contributed by atoms with Gasteiger partial charge in [0.2, 0.25) is 0 Å². The Hall–Kier alpha value is -1.71. The van der Waals surface area contributed by atoms with E-state index in [9.17, 15) is 31.1 Å². The van der Waals surface area contributed by atoms with E-state index in [1.54, 1.807) is 0 Å². The van der Waals surface area contributed by atoms with Crippen molar-refractivity contribution in [2.24, 2.45) is 11.8 Å². The SMILES string of the molecule is O=C(O)[C@@H]1CN(c2ncc(C(F)(F)F)cc2Cl)C[C@H]1C(F)(F)F. The maximum absolute atomic E-state index is 12.9. The molecule has 4 nitrogen and oxygen atoms in total. The van der Waals surface area contributed by atoms with E-state index in [1.807, 2.05) is 0 Å². The maximum Gasteiger partial charge on any atom is 0.417 e. The van der Waals surface area contributed by atoms with Crippen LogP contribution in [-0.2, 0) is 11.0 Å². The number of carbonyl (C=O) groups is 1. The summed E-state index contributed by atoms with van der Waals surface area (Å²) in [7, 11) is 0. The minimum Gasteiger partial charge on any atom is -0.481 e. The molecule has 0 saturated carbocycles. The molecule has 1 aliphatic rings. The highest BCUT2D eigenvalue weighted by atomic mass is 35.5. The molecule has 0 amide bonds. The lowest BCUT2D eigenvalue weighted by Gasteiger charge is -2.20. The third-order valence-electron chi connectivity index (χ3n) is 3.51. The fourth-order valence-corrected chi connectivity index (χ4v) is 2.66. The maximum atomic E-state index is 12.9. The van der Waals surface area contributed by atoms with E-state index in [0.29, 0.717) is 12.3 Å². The van der Waals surface area contributed by atoms with Crippen LogP contribution in [0.25, 0.3) is 0 Å². The molecule has 1 fully saturated rings. The van der Waals surface area contributed by atoms with E-state index in [1.165, 1.54) is 0 Å². The molecule has 0 bridgehead atoms. The van der Waals surface area contributed by atoms with Crippen molar-refractivity contribution in [3.63, 3.8) is 0 Å². The molecule has 1 aromatic heterocycles. The fraction of sp³-hybridized carbons (Fsp3) is 0.500. The largest absolute Gasteiger partial charge is 0.481 e. The summed E-state index contributed by atoms with van der Waals surface area (Å²) in [5.41, 5.74) is -1.15. The van der Waals surface area contributed by atoms with Crippen LogP contribution in [0, 0.1) is 11.8 Å². The van der Waals surface area contributed by atoms with Gasteiger partial charge in [0, 0.05) is 19.3 Å². The summed E-state index contributed by atoms with van der Waals surface area (Å²) in [6.07, 6.45) is -9.01. The van der Waals surface area contributed by atoms with Crippen molar-refractivity contribution in [2.75, 3.05) is 18.0 Å². The highest BCUT2D eigenvalue weighted by molar-refractivity contribution is 6.33. The van der Waals surface area contributed by atoms with E-state index in [0.717, 1.165) is 4.90 Å². The number of alkyl halides is 6. The molecular weight excluding hydrogens is 354 g/mol. The number of carboxylic acids is 1. The number of aliphatic carboxylic acids is 1. The van der Waals surface area contributed by atoms with Crippen LogP contribution >= 0.6 is 11.6 Å². The molecule has 2 rings (SSSR count). The van der Waals surface area contributed by atoms with E-state index >= 15 is 0 Å². The lowest BCUT2D eigenvalue weighted by Crippen LogP contribution is -2.33. The average molecular weight is 363 g/mol. The number of rotatable bonds is 2. The smallest absolute Gasteiger partial charge is 0.417 e. The molecule has 128 valence electrons. The van der Waals surface area contributed by atoms with Gasteiger partial charge in [-0.1, -0.05) is 11.6 Å². The number of hydrogen-bond donors (Lipinski definition) is 1. The Labute approximate surface area is 130 Å². The molecule has 0 spiro atoms. The number of carboxylic acid groups (broad SMARTS) is 1. The van der Waals surface area contributed by atoms with Gasteiger partial charge in [-0.05, 0) is 6.07 Å². The number of aromatic nitrogens is 1. The first kappa shape index (κ1) is 17.6. The van der Waals surface area contributed by atoms with Crippen LogP contribution in [0.3, 0.4) is 0 Å². The first-order chi connectivity index (χ1) is 10.4. The zero-order chi connectivity index (χ0) is 17.6. The molecule has 1 saturated heterocycles. The molecule has 0 aromatic carbocycles.